The minimum atomic E-state index is 0.0390. The highest BCUT2D eigenvalue weighted by Gasteiger charge is 2.28. The van der Waals surface area contributed by atoms with Crippen LogP contribution in [0.5, 0.6) is 0 Å². The van der Waals surface area contributed by atoms with Crippen LogP contribution in [0.25, 0.3) is 0 Å². The Morgan fingerprint density at radius 1 is 1.38 bits per heavy atom. The molecule has 5 heteroatoms. The van der Waals surface area contributed by atoms with E-state index >= 15 is 0 Å². The molecule has 5 nitrogen and oxygen atoms in total. The van der Waals surface area contributed by atoms with Crippen molar-refractivity contribution in [1.82, 2.24) is 15.5 Å². The second-order valence-corrected chi connectivity index (χ2v) is 6.58. The van der Waals surface area contributed by atoms with Crippen molar-refractivity contribution in [3.8, 4) is 0 Å². The first-order chi connectivity index (χ1) is 10.1. The first-order valence-electron chi connectivity index (χ1n) is 8.39. The van der Waals surface area contributed by atoms with E-state index in [-0.39, 0.29) is 18.1 Å². The summed E-state index contributed by atoms with van der Waals surface area (Å²) in [6, 6.07) is 0.474. The lowest BCUT2D eigenvalue weighted by Crippen LogP contribution is -2.49. The molecule has 4 unspecified atom stereocenters. The lowest BCUT2D eigenvalue weighted by atomic mass is 9.95. The molecule has 2 aliphatic heterocycles. The van der Waals surface area contributed by atoms with Crippen LogP contribution in [-0.4, -0.2) is 62.3 Å². The summed E-state index contributed by atoms with van der Waals surface area (Å²) >= 11 is 0. The number of carbonyl (C=O) groups excluding carboxylic acids is 1. The van der Waals surface area contributed by atoms with E-state index in [2.05, 4.69) is 29.4 Å². The van der Waals surface area contributed by atoms with Crippen LogP contribution in [0.3, 0.4) is 0 Å². The van der Waals surface area contributed by atoms with Crippen LogP contribution < -0.4 is 10.6 Å². The molecule has 2 N–H and O–H groups in total. The van der Waals surface area contributed by atoms with E-state index < -0.39 is 0 Å². The number of nitrogens with one attached hydrogen (secondary N) is 2. The molecule has 0 spiro atoms. The lowest BCUT2D eigenvalue weighted by molar-refractivity contribution is -0.123. The fourth-order valence-electron chi connectivity index (χ4n) is 3.40. The first kappa shape index (κ1) is 16.7. The van der Waals surface area contributed by atoms with E-state index in [1.165, 1.54) is 12.8 Å². The fourth-order valence-corrected chi connectivity index (χ4v) is 3.40. The van der Waals surface area contributed by atoms with Gasteiger partial charge in [0.15, 0.2) is 0 Å². The van der Waals surface area contributed by atoms with E-state index in [0.717, 1.165) is 39.0 Å². The summed E-state index contributed by atoms with van der Waals surface area (Å²) in [6.45, 7) is 8.35. The van der Waals surface area contributed by atoms with Crippen LogP contribution in [0.2, 0.25) is 0 Å². The van der Waals surface area contributed by atoms with Gasteiger partial charge in [0, 0.05) is 26.2 Å². The topological polar surface area (TPSA) is 53.6 Å². The molecular weight excluding hydrogens is 266 g/mol. The molecule has 122 valence electrons. The van der Waals surface area contributed by atoms with Gasteiger partial charge in [-0.2, -0.15) is 0 Å². The number of carbonyl (C=O) groups is 1. The fraction of sp³-hybridized carbons (Fsp3) is 0.938. The highest BCUT2D eigenvalue weighted by molar-refractivity contribution is 5.81. The molecule has 0 aliphatic carbocycles. The van der Waals surface area contributed by atoms with Gasteiger partial charge in [0.25, 0.3) is 0 Å². The lowest BCUT2D eigenvalue weighted by Gasteiger charge is -2.39. The van der Waals surface area contributed by atoms with Crippen molar-refractivity contribution in [1.29, 1.82) is 0 Å². The molecule has 2 rings (SSSR count). The predicted octanol–water partition coefficient (Wildman–Crippen LogP) is 0.990. The molecule has 0 aromatic rings. The van der Waals surface area contributed by atoms with Gasteiger partial charge in [-0.25, -0.2) is 0 Å². The van der Waals surface area contributed by atoms with Gasteiger partial charge in [-0.15, -0.1) is 0 Å². The standard InChI is InChI=1S/C16H31N3O2/c1-12(13(2)21-3)19-9-5-6-14(11-19)10-18-16(20)15-7-4-8-17-15/h12-15,17H,4-11H2,1-3H3,(H,18,20). The minimum absolute atomic E-state index is 0.0390. The van der Waals surface area contributed by atoms with Crippen LogP contribution in [0.4, 0.5) is 0 Å². The Hall–Kier alpha value is -0.650. The molecule has 2 saturated heterocycles. The molecule has 0 radical (unpaired) electrons. The number of rotatable bonds is 6. The number of hydrogen-bond donors (Lipinski definition) is 2. The Kier molecular flexibility index (Phi) is 6.45. The number of hydrogen-bond acceptors (Lipinski definition) is 4. The maximum atomic E-state index is 12.1. The van der Waals surface area contributed by atoms with Gasteiger partial charge in [0.2, 0.25) is 5.91 Å². The van der Waals surface area contributed by atoms with Crippen molar-refractivity contribution in [2.75, 3.05) is 33.3 Å². The van der Waals surface area contributed by atoms with Crippen molar-refractivity contribution >= 4 is 5.91 Å². The number of nitrogens with zero attached hydrogens (tertiary/aromatic N) is 1. The second kappa shape index (κ2) is 8.11. The number of ether oxygens (including phenoxy) is 1. The van der Waals surface area contributed by atoms with Gasteiger partial charge in [0.1, 0.15) is 0 Å². The van der Waals surface area contributed by atoms with E-state index in [9.17, 15) is 4.79 Å². The zero-order valence-corrected chi connectivity index (χ0v) is 13.7. The summed E-state index contributed by atoms with van der Waals surface area (Å²) < 4.78 is 5.45. The first-order valence-corrected chi connectivity index (χ1v) is 8.39. The van der Waals surface area contributed by atoms with Crippen LogP contribution in [0, 0.1) is 5.92 Å². The Morgan fingerprint density at radius 3 is 2.86 bits per heavy atom. The van der Waals surface area contributed by atoms with Crippen LogP contribution in [0.15, 0.2) is 0 Å². The van der Waals surface area contributed by atoms with E-state index in [0.29, 0.717) is 12.0 Å². The summed E-state index contributed by atoms with van der Waals surface area (Å²) in [7, 11) is 1.78. The minimum Gasteiger partial charge on any atom is -0.380 e. The van der Waals surface area contributed by atoms with Gasteiger partial charge in [-0.05, 0) is 58.5 Å². The van der Waals surface area contributed by atoms with Crippen molar-refractivity contribution in [2.24, 2.45) is 5.92 Å². The Labute approximate surface area is 128 Å². The summed E-state index contributed by atoms with van der Waals surface area (Å²) in [5.41, 5.74) is 0. The van der Waals surface area contributed by atoms with Crippen molar-refractivity contribution in [3.63, 3.8) is 0 Å². The van der Waals surface area contributed by atoms with Crippen LogP contribution in [0.1, 0.15) is 39.5 Å². The summed E-state index contributed by atoms with van der Waals surface area (Å²) in [4.78, 5) is 14.6. The number of amides is 1. The Balaban J connectivity index is 1.74. The van der Waals surface area contributed by atoms with E-state index in [1.807, 2.05) is 0 Å². The molecule has 2 fully saturated rings. The highest BCUT2D eigenvalue weighted by Crippen LogP contribution is 2.20. The van der Waals surface area contributed by atoms with Gasteiger partial charge < -0.3 is 15.4 Å². The zero-order valence-electron chi connectivity index (χ0n) is 13.7. The predicted molar refractivity (Wildman–Crippen MR) is 84.3 cm³/mol. The summed E-state index contributed by atoms with van der Waals surface area (Å²) in [6.07, 6.45) is 4.76. The number of piperidine rings is 1. The molecule has 4 atom stereocenters. The van der Waals surface area contributed by atoms with Crippen molar-refractivity contribution < 1.29 is 9.53 Å². The zero-order chi connectivity index (χ0) is 15.2. The average molecular weight is 297 g/mol. The quantitative estimate of drug-likeness (QED) is 0.768. The molecule has 1 amide bonds. The highest BCUT2D eigenvalue weighted by atomic mass is 16.5. The Bertz CT molecular complexity index is 331. The third-order valence-electron chi connectivity index (χ3n) is 5.12. The molecule has 2 aliphatic rings. The molecule has 0 saturated carbocycles. The van der Waals surface area contributed by atoms with E-state index in [4.69, 9.17) is 4.74 Å². The smallest absolute Gasteiger partial charge is 0.237 e. The molecule has 2 heterocycles. The third kappa shape index (κ3) is 4.66. The SMILES string of the molecule is COC(C)C(C)N1CCCC(CNC(=O)C2CCCN2)C1. The molecular formula is C16H31N3O2. The molecule has 0 bridgehead atoms. The van der Waals surface area contributed by atoms with Crippen molar-refractivity contribution in [2.45, 2.75) is 57.7 Å². The monoisotopic (exact) mass is 297 g/mol. The van der Waals surface area contributed by atoms with Gasteiger partial charge in [-0.3, -0.25) is 9.69 Å². The largest absolute Gasteiger partial charge is 0.380 e. The normalized spacial score (nSPS) is 30.0. The number of likely N-dealkylation sites (tertiary alicyclic amines) is 1. The van der Waals surface area contributed by atoms with Crippen LogP contribution in [-0.2, 0) is 9.53 Å². The maximum Gasteiger partial charge on any atom is 0.237 e. The second-order valence-electron chi connectivity index (χ2n) is 6.58. The average Bonchev–Trinajstić information content (AvgIpc) is 3.05. The molecule has 21 heavy (non-hydrogen) atoms. The van der Waals surface area contributed by atoms with Gasteiger partial charge in [0.05, 0.1) is 12.1 Å². The van der Waals surface area contributed by atoms with Crippen LogP contribution >= 0.6 is 0 Å². The third-order valence-corrected chi connectivity index (χ3v) is 5.12. The molecule has 0 aromatic carbocycles. The maximum absolute atomic E-state index is 12.1. The van der Waals surface area contributed by atoms with Crippen molar-refractivity contribution in [3.05, 3.63) is 0 Å². The van der Waals surface area contributed by atoms with Gasteiger partial charge in [-0.1, -0.05) is 0 Å². The van der Waals surface area contributed by atoms with E-state index in [1.54, 1.807) is 7.11 Å². The van der Waals surface area contributed by atoms with Gasteiger partial charge >= 0.3 is 0 Å². The Morgan fingerprint density at radius 2 is 2.19 bits per heavy atom. The molecule has 0 aromatic heterocycles. The summed E-state index contributed by atoms with van der Waals surface area (Å²) in [5.74, 6) is 0.749. The summed E-state index contributed by atoms with van der Waals surface area (Å²) in [5, 5.41) is 6.39. The number of methoxy groups -OCH3 is 1.